The lowest BCUT2D eigenvalue weighted by molar-refractivity contribution is 0.388. The Morgan fingerprint density at radius 3 is 2.62 bits per heavy atom. The summed E-state index contributed by atoms with van der Waals surface area (Å²) in [5.41, 5.74) is 1.18. The van der Waals surface area contributed by atoms with E-state index in [1.54, 1.807) is 7.11 Å². The average molecular weight is 330 g/mol. The zero-order valence-electron chi connectivity index (χ0n) is 13.8. The number of aromatic nitrogens is 2. The van der Waals surface area contributed by atoms with Gasteiger partial charge in [0.1, 0.15) is 0 Å². The maximum absolute atomic E-state index is 5.56. The van der Waals surface area contributed by atoms with Crippen molar-refractivity contribution < 1.29 is 4.74 Å². The molecule has 0 spiro atoms. The van der Waals surface area contributed by atoms with Crippen LogP contribution in [0.1, 0.15) is 45.5 Å². The molecule has 1 N–H and O–H groups in total. The van der Waals surface area contributed by atoms with Crippen LogP contribution in [-0.4, -0.2) is 45.4 Å². The van der Waals surface area contributed by atoms with Crippen LogP contribution in [0.25, 0.3) is 0 Å². The van der Waals surface area contributed by atoms with E-state index in [0.29, 0.717) is 16.5 Å². The van der Waals surface area contributed by atoms with Crippen molar-refractivity contribution >= 4 is 23.5 Å². The van der Waals surface area contributed by atoms with Gasteiger partial charge in [-0.25, -0.2) is 0 Å². The highest BCUT2D eigenvalue weighted by Gasteiger charge is 2.35. The van der Waals surface area contributed by atoms with E-state index in [-0.39, 0.29) is 6.04 Å². The van der Waals surface area contributed by atoms with Crippen LogP contribution in [0.15, 0.2) is 6.20 Å². The van der Waals surface area contributed by atoms with Gasteiger partial charge in [-0.3, -0.25) is 4.68 Å². The van der Waals surface area contributed by atoms with Crippen molar-refractivity contribution in [3.8, 4) is 5.75 Å². The summed E-state index contributed by atoms with van der Waals surface area (Å²) in [6, 6.07) is 0.592. The summed E-state index contributed by atoms with van der Waals surface area (Å²) >= 11 is 4.16. The zero-order valence-corrected chi connectivity index (χ0v) is 15.4. The van der Waals surface area contributed by atoms with Gasteiger partial charge in [-0.1, -0.05) is 13.8 Å². The second-order valence-corrected chi connectivity index (χ2v) is 8.85. The fourth-order valence-corrected chi connectivity index (χ4v) is 5.83. The first kappa shape index (κ1) is 17.0. The second-order valence-electron chi connectivity index (χ2n) is 5.82. The second kappa shape index (κ2) is 7.29. The molecule has 4 unspecified atom stereocenters. The number of thioether (sulfide) groups is 2. The summed E-state index contributed by atoms with van der Waals surface area (Å²) < 4.78 is 7.65. The van der Waals surface area contributed by atoms with Crippen molar-refractivity contribution in [3.05, 3.63) is 11.9 Å². The van der Waals surface area contributed by atoms with Crippen molar-refractivity contribution in [1.82, 2.24) is 15.1 Å². The fourth-order valence-electron chi connectivity index (χ4n) is 2.70. The Morgan fingerprint density at radius 2 is 2.10 bits per heavy atom. The Morgan fingerprint density at radius 1 is 1.38 bits per heavy atom. The molecule has 0 radical (unpaired) electrons. The number of rotatable bonds is 5. The SMILES string of the molecule is CNC(c1c(OC)cnn1C(C)C)C1CSC(C)C(C)S1. The van der Waals surface area contributed by atoms with Crippen molar-refractivity contribution in [3.63, 3.8) is 0 Å². The number of hydrogen-bond donors (Lipinski definition) is 1. The summed E-state index contributed by atoms with van der Waals surface area (Å²) in [4.78, 5) is 0. The summed E-state index contributed by atoms with van der Waals surface area (Å²) in [5, 5.41) is 9.96. The number of nitrogens with one attached hydrogen (secondary N) is 1. The molecule has 0 bridgehead atoms. The Labute approximate surface area is 136 Å². The Balaban J connectivity index is 2.31. The highest BCUT2D eigenvalue weighted by atomic mass is 32.2. The summed E-state index contributed by atoms with van der Waals surface area (Å²) in [6.07, 6.45) is 1.84. The van der Waals surface area contributed by atoms with Crippen LogP contribution in [0.2, 0.25) is 0 Å². The van der Waals surface area contributed by atoms with Crippen LogP contribution in [0.5, 0.6) is 5.75 Å². The first-order valence-corrected chi connectivity index (χ1v) is 9.54. The van der Waals surface area contributed by atoms with Gasteiger partial charge in [0.05, 0.1) is 25.0 Å². The van der Waals surface area contributed by atoms with E-state index >= 15 is 0 Å². The molecule has 4 nitrogen and oxygen atoms in total. The molecule has 1 aromatic heterocycles. The standard InChI is InChI=1S/C15H27N3OS2/c1-9(2)18-15(12(19-6)7-17-18)14(16-5)13-8-20-10(3)11(4)21-13/h7,9-11,13-14,16H,8H2,1-6H3. The van der Waals surface area contributed by atoms with Crippen LogP contribution >= 0.6 is 23.5 Å². The minimum atomic E-state index is 0.261. The maximum atomic E-state index is 5.56. The third kappa shape index (κ3) is 3.54. The lowest BCUT2D eigenvalue weighted by Gasteiger charge is -2.36. The van der Waals surface area contributed by atoms with E-state index in [1.807, 2.05) is 13.2 Å². The number of ether oxygens (including phenoxy) is 1. The topological polar surface area (TPSA) is 39.1 Å². The van der Waals surface area contributed by atoms with Gasteiger partial charge >= 0.3 is 0 Å². The van der Waals surface area contributed by atoms with Gasteiger partial charge in [0, 0.05) is 27.5 Å². The predicted molar refractivity (Wildman–Crippen MR) is 93.7 cm³/mol. The first-order valence-electron chi connectivity index (χ1n) is 7.55. The molecule has 1 aromatic rings. The predicted octanol–water partition coefficient (Wildman–Crippen LogP) is 3.36. The maximum Gasteiger partial charge on any atom is 0.161 e. The van der Waals surface area contributed by atoms with Gasteiger partial charge in [-0.05, 0) is 20.9 Å². The van der Waals surface area contributed by atoms with Crippen molar-refractivity contribution in [1.29, 1.82) is 0 Å². The van der Waals surface area contributed by atoms with Gasteiger partial charge in [-0.2, -0.15) is 28.6 Å². The lowest BCUT2D eigenvalue weighted by Crippen LogP contribution is -2.37. The highest BCUT2D eigenvalue weighted by Crippen LogP contribution is 2.42. The fraction of sp³-hybridized carbons (Fsp3) is 0.800. The smallest absolute Gasteiger partial charge is 0.161 e. The molecule has 1 aliphatic rings. The Hall–Kier alpha value is -0.330. The Kier molecular flexibility index (Phi) is 5.91. The molecule has 6 heteroatoms. The molecule has 1 saturated heterocycles. The molecule has 1 fully saturated rings. The monoisotopic (exact) mass is 329 g/mol. The van der Waals surface area contributed by atoms with E-state index in [1.165, 1.54) is 5.69 Å². The highest BCUT2D eigenvalue weighted by molar-refractivity contribution is 8.07. The number of methoxy groups -OCH3 is 1. The van der Waals surface area contributed by atoms with Crippen LogP contribution in [-0.2, 0) is 0 Å². The molecule has 2 rings (SSSR count). The van der Waals surface area contributed by atoms with Gasteiger partial charge in [0.25, 0.3) is 0 Å². The third-order valence-corrected chi connectivity index (χ3v) is 7.55. The summed E-state index contributed by atoms with van der Waals surface area (Å²) in [7, 11) is 3.76. The van der Waals surface area contributed by atoms with Gasteiger partial charge in [-0.15, -0.1) is 0 Å². The van der Waals surface area contributed by atoms with E-state index in [9.17, 15) is 0 Å². The lowest BCUT2D eigenvalue weighted by atomic mass is 10.1. The summed E-state index contributed by atoms with van der Waals surface area (Å²) in [5.74, 6) is 2.05. The number of hydrogen-bond acceptors (Lipinski definition) is 5. The van der Waals surface area contributed by atoms with Crippen LogP contribution < -0.4 is 10.1 Å². The van der Waals surface area contributed by atoms with Crippen LogP contribution in [0.4, 0.5) is 0 Å². The van der Waals surface area contributed by atoms with E-state index in [0.717, 1.165) is 16.8 Å². The zero-order chi connectivity index (χ0) is 15.6. The van der Waals surface area contributed by atoms with Gasteiger partial charge in [0.15, 0.2) is 5.75 Å². The van der Waals surface area contributed by atoms with E-state index in [4.69, 9.17) is 4.74 Å². The normalized spacial score (nSPS) is 27.9. The molecule has 0 amide bonds. The quantitative estimate of drug-likeness (QED) is 0.897. The van der Waals surface area contributed by atoms with E-state index < -0.39 is 0 Å². The molecular weight excluding hydrogens is 302 g/mol. The molecule has 21 heavy (non-hydrogen) atoms. The van der Waals surface area contributed by atoms with E-state index in [2.05, 4.69) is 66.3 Å². The van der Waals surface area contributed by atoms with Gasteiger partial charge < -0.3 is 10.1 Å². The molecule has 4 atom stereocenters. The molecule has 120 valence electrons. The minimum Gasteiger partial charge on any atom is -0.493 e. The average Bonchev–Trinajstić information content (AvgIpc) is 2.87. The molecule has 1 aliphatic heterocycles. The van der Waals surface area contributed by atoms with Gasteiger partial charge in [0.2, 0.25) is 0 Å². The molecule has 2 heterocycles. The molecule has 0 saturated carbocycles. The molecular formula is C15H27N3OS2. The first-order chi connectivity index (χ1) is 9.99. The molecule has 0 aliphatic carbocycles. The van der Waals surface area contributed by atoms with Crippen molar-refractivity contribution in [2.75, 3.05) is 19.9 Å². The van der Waals surface area contributed by atoms with Crippen LogP contribution in [0.3, 0.4) is 0 Å². The number of nitrogens with zero attached hydrogens (tertiary/aromatic N) is 2. The Bertz CT molecular complexity index is 464. The summed E-state index contributed by atoms with van der Waals surface area (Å²) in [6.45, 7) is 8.98. The van der Waals surface area contributed by atoms with Crippen LogP contribution in [0, 0.1) is 0 Å². The minimum absolute atomic E-state index is 0.261. The van der Waals surface area contributed by atoms with Crippen molar-refractivity contribution in [2.24, 2.45) is 0 Å². The molecule has 0 aromatic carbocycles. The van der Waals surface area contributed by atoms with Crippen molar-refractivity contribution in [2.45, 2.75) is 55.5 Å². The largest absolute Gasteiger partial charge is 0.493 e. The third-order valence-electron chi connectivity index (χ3n) is 4.06.